The van der Waals surface area contributed by atoms with Crippen molar-refractivity contribution in [3.8, 4) is 11.1 Å². The Hall–Kier alpha value is -4.50. The first-order valence-electron chi connectivity index (χ1n) is 20.9. The molecule has 58 heavy (non-hydrogen) atoms. The lowest BCUT2D eigenvalue weighted by molar-refractivity contribution is -0.247. The van der Waals surface area contributed by atoms with Gasteiger partial charge in [0, 0.05) is 54.2 Å². The molecule has 4 bridgehead atoms. The van der Waals surface area contributed by atoms with Crippen LogP contribution in [0.15, 0.2) is 42.6 Å². The van der Waals surface area contributed by atoms with Crippen LogP contribution in [0.1, 0.15) is 98.9 Å². The van der Waals surface area contributed by atoms with Crippen LogP contribution >= 0.6 is 11.3 Å². The van der Waals surface area contributed by atoms with E-state index in [1.54, 1.807) is 11.3 Å². The quantitative estimate of drug-likeness (QED) is 0.0756. The van der Waals surface area contributed by atoms with E-state index in [1.165, 1.54) is 6.42 Å². The number of rotatable bonds is 15. The number of aliphatic hydroxyl groups is 1. The Labute approximate surface area is 343 Å². The van der Waals surface area contributed by atoms with Gasteiger partial charge < -0.3 is 30.5 Å². The van der Waals surface area contributed by atoms with E-state index >= 15 is 0 Å². The average Bonchev–Trinajstić information content (AvgIpc) is 3.75. The number of anilines is 4. The molecule has 13 nitrogen and oxygen atoms in total. The Morgan fingerprint density at radius 1 is 0.948 bits per heavy atom. The zero-order valence-corrected chi connectivity index (χ0v) is 34.9. The first kappa shape index (κ1) is 39.0. The van der Waals surface area contributed by atoms with Gasteiger partial charge in [-0.15, -0.1) is 10.2 Å². The van der Waals surface area contributed by atoms with E-state index in [2.05, 4.69) is 52.4 Å². The maximum Gasteiger partial charge on any atom is 0.355 e. The maximum atomic E-state index is 12.9. The van der Waals surface area contributed by atoms with Crippen LogP contribution in [0.5, 0.6) is 0 Å². The number of thiazole rings is 1. The number of aromatic carboxylic acids is 1. The predicted molar refractivity (Wildman–Crippen MR) is 226 cm³/mol. The minimum atomic E-state index is -1.08. The van der Waals surface area contributed by atoms with E-state index in [9.17, 15) is 9.90 Å². The van der Waals surface area contributed by atoms with Crippen molar-refractivity contribution in [3.63, 3.8) is 0 Å². The summed E-state index contributed by atoms with van der Waals surface area (Å²) in [6.07, 6.45) is 12.0. The largest absolute Gasteiger partial charge is 0.476 e. The number of nitrogens with zero attached hydrogens (tertiary/aromatic N) is 7. The third kappa shape index (κ3) is 7.26. The molecule has 4 saturated carbocycles. The first-order chi connectivity index (χ1) is 27.9. The lowest BCUT2D eigenvalue weighted by Gasteiger charge is -2.69. The number of carboxylic acid groups (broad SMARTS) is 1. The molecule has 5 aromatic rings. The van der Waals surface area contributed by atoms with Gasteiger partial charge in [0.05, 0.1) is 28.6 Å². The molecule has 5 aliphatic rings. The zero-order chi connectivity index (χ0) is 40.3. The van der Waals surface area contributed by atoms with Crippen molar-refractivity contribution in [3.05, 3.63) is 65.1 Å². The average molecular weight is 806 g/mol. The number of unbranched alkanes of at least 4 members (excludes halogenated alkanes) is 1. The SMILES string of the molecule is Cc1c(Nc2nc3ccccc3s2)nnc2c1CCCN2c1ccc(-c2cnn(CC34CC5(OCCNCCCCO)C[C@](C)(C3)C[C@](C)(C4)C5)c2C)c(C(=O)O)n1. The van der Waals surface area contributed by atoms with Crippen molar-refractivity contribution in [2.24, 2.45) is 16.2 Å². The topological polar surface area (TPSA) is 163 Å². The van der Waals surface area contributed by atoms with Gasteiger partial charge in [0.25, 0.3) is 0 Å². The van der Waals surface area contributed by atoms with Gasteiger partial charge in [0.1, 0.15) is 5.82 Å². The van der Waals surface area contributed by atoms with Crippen LogP contribution in [0.3, 0.4) is 0 Å². The fourth-order valence-corrected chi connectivity index (χ4v) is 13.0. The van der Waals surface area contributed by atoms with Gasteiger partial charge in [-0.05, 0) is 125 Å². The van der Waals surface area contributed by atoms with Crippen LogP contribution in [-0.2, 0) is 17.7 Å². The van der Waals surface area contributed by atoms with Gasteiger partial charge in [-0.3, -0.25) is 4.68 Å². The molecule has 5 heterocycles. The molecule has 0 radical (unpaired) electrons. The molecule has 306 valence electrons. The molecule has 4 N–H and O–H groups in total. The summed E-state index contributed by atoms with van der Waals surface area (Å²) in [7, 11) is 0. The van der Waals surface area contributed by atoms with E-state index < -0.39 is 5.97 Å². The second-order valence-corrected chi connectivity index (χ2v) is 19.4. The number of carboxylic acids is 1. The molecule has 0 amide bonds. The molecule has 14 heteroatoms. The number of pyridine rings is 1. The monoisotopic (exact) mass is 805 g/mol. The molecule has 0 spiro atoms. The van der Waals surface area contributed by atoms with Crippen LogP contribution in [0, 0.1) is 30.1 Å². The van der Waals surface area contributed by atoms with E-state index in [-0.39, 0.29) is 34.1 Å². The minimum Gasteiger partial charge on any atom is -0.476 e. The van der Waals surface area contributed by atoms with Crippen molar-refractivity contribution in [1.82, 2.24) is 35.3 Å². The Morgan fingerprint density at radius 2 is 1.76 bits per heavy atom. The number of fused-ring (bicyclic) bond motifs is 2. The number of aromatic nitrogens is 6. The van der Waals surface area contributed by atoms with E-state index in [4.69, 9.17) is 24.9 Å². The fraction of sp³-hybridized carbons (Fsp3) is 0.545. The number of ether oxygens (including phenoxy) is 1. The molecule has 2 unspecified atom stereocenters. The number of para-hydroxylation sites is 1. The summed E-state index contributed by atoms with van der Waals surface area (Å²) in [5, 5.41) is 41.5. The highest BCUT2D eigenvalue weighted by Crippen LogP contribution is 2.72. The summed E-state index contributed by atoms with van der Waals surface area (Å²) in [5.41, 5.74) is 5.62. The predicted octanol–water partition coefficient (Wildman–Crippen LogP) is 7.99. The van der Waals surface area contributed by atoms with Crippen molar-refractivity contribution < 1.29 is 19.7 Å². The van der Waals surface area contributed by atoms with Gasteiger partial charge in [-0.1, -0.05) is 37.3 Å². The van der Waals surface area contributed by atoms with Crippen molar-refractivity contribution in [2.45, 2.75) is 104 Å². The fourth-order valence-electron chi connectivity index (χ4n) is 12.1. The van der Waals surface area contributed by atoms with Crippen LogP contribution in [0.25, 0.3) is 21.3 Å². The lowest BCUT2D eigenvalue weighted by Crippen LogP contribution is -2.64. The number of benzene rings is 1. The third-order valence-electron chi connectivity index (χ3n) is 13.2. The number of hydrogen-bond acceptors (Lipinski definition) is 12. The molecule has 10 rings (SSSR count). The lowest BCUT2D eigenvalue weighted by atomic mass is 9.39. The van der Waals surface area contributed by atoms with Gasteiger partial charge in [0.15, 0.2) is 22.5 Å². The highest BCUT2D eigenvalue weighted by Gasteiger charge is 2.66. The summed E-state index contributed by atoms with van der Waals surface area (Å²) in [6, 6.07) is 11.8. The number of nitrogens with one attached hydrogen (secondary N) is 2. The van der Waals surface area contributed by atoms with E-state index in [1.807, 2.05) is 48.4 Å². The highest BCUT2D eigenvalue weighted by atomic mass is 32.1. The Balaban J connectivity index is 0.948. The van der Waals surface area contributed by atoms with Crippen molar-refractivity contribution in [1.29, 1.82) is 0 Å². The molecule has 0 saturated heterocycles. The van der Waals surface area contributed by atoms with Gasteiger partial charge in [0.2, 0.25) is 0 Å². The Kier molecular flexibility index (Phi) is 10.1. The second kappa shape index (κ2) is 15.0. The first-order valence-corrected chi connectivity index (χ1v) is 21.7. The van der Waals surface area contributed by atoms with Crippen molar-refractivity contribution >= 4 is 50.1 Å². The normalized spacial score (nSPS) is 26.1. The van der Waals surface area contributed by atoms with Gasteiger partial charge in [-0.2, -0.15) is 5.10 Å². The number of carbonyl (C=O) groups is 1. The summed E-state index contributed by atoms with van der Waals surface area (Å²) in [4.78, 5) is 24.4. The smallest absolute Gasteiger partial charge is 0.355 e. The number of hydrogen-bond donors (Lipinski definition) is 4. The summed E-state index contributed by atoms with van der Waals surface area (Å²) in [6.45, 7) is 13.1. The molecule has 4 aromatic heterocycles. The summed E-state index contributed by atoms with van der Waals surface area (Å²) >= 11 is 1.58. The summed E-state index contributed by atoms with van der Waals surface area (Å²) in [5.74, 6) is 0.823. The maximum absolute atomic E-state index is 12.9. The third-order valence-corrected chi connectivity index (χ3v) is 14.2. The second-order valence-electron chi connectivity index (χ2n) is 18.4. The van der Waals surface area contributed by atoms with Gasteiger partial charge >= 0.3 is 5.97 Å². The Bertz CT molecular complexity index is 2310. The van der Waals surface area contributed by atoms with Crippen molar-refractivity contribution in [2.75, 3.05) is 43.1 Å². The Morgan fingerprint density at radius 3 is 2.53 bits per heavy atom. The van der Waals surface area contributed by atoms with Crippen LogP contribution in [-0.4, -0.2) is 84.6 Å². The van der Waals surface area contributed by atoms with Crippen LogP contribution in [0.2, 0.25) is 0 Å². The molecule has 4 fully saturated rings. The molecular weight excluding hydrogens is 751 g/mol. The standard InChI is InChI=1S/C44H55N9O4S/c1-28-30-10-9-17-52(38(30)51-50-37(28)49-40-47-33-11-5-6-12-34(33)58-40)35-14-13-31(36(48-35)39(55)56)32-20-46-53(29(32)2)27-43-22-41(3)21-42(4,23-43)25-44(24-41,26-43)57-19-16-45-15-7-8-18-54/h5-6,11-14,20,45,54H,7-10,15-19,21-27H2,1-4H3,(H,55,56)(H,47,49,50)/t41-,42+,43?,44?. The number of aliphatic hydroxyl groups excluding tert-OH is 1. The molecular formula is C44H55N9O4S. The molecule has 1 aromatic carbocycles. The summed E-state index contributed by atoms with van der Waals surface area (Å²) < 4.78 is 10.1. The molecule has 4 aliphatic carbocycles. The minimum absolute atomic E-state index is 0.00164. The van der Waals surface area contributed by atoms with E-state index in [0.29, 0.717) is 36.2 Å². The highest BCUT2D eigenvalue weighted by molar-refractivity contribution is 7.22. The van der Waals surface area contributed by atoms with Crippen LogP contribution < -0.4 is 15.5 Å². The van der Waals surface area contributed by atoms with E-state index in [0.717, 1.165) is 115 Å². The van der Waals surface area contributed by atoms with Crippen LogP contribution in [0.4, 0.5) is 22.6 Å². The molecule has 4 atom stereocenters. The molecule has 1 aliphatic heterocycles. The zero-order valence-electron chi connectivity index (χ0n) is 34.1. The van der Waals surface area contributed by atoms with Gasteiger partial charge in [-0.25, -0.2) is 14.8 Å².